The maximum Gasteiger partial charge on any atom is 0.255 e. The Morgan fingerprint density at radius 3 is 2.91 bits per heavy atom. The van der Waals surface area contributed by atoms with E-state index in [0.29, 0.717) is 35.3 Å². The Morgan fingerprint density at radius 2 is 2.18 bits per heavy atom. The van der Waals surface area contributed by atoms with Crippen LogP contribution >= 0.6 is 23.2 Å². The van der Waals surface area contributed by atoms with Gasteiger partial charge in [-0.2, -0.15) is 0 Å². The van der Waals surface area contributed by atoms with Crippen LogP contribution in [0.1, 0.15) is 22.0 Å². The van der Waals surface area contributed by atoms with Crippen LogP contribution in [0.25, 0.3) is 0 Å². The molecular formula is C16H14Cl2N2O2. The minimum atomic E-state index is -0.169. The highest BCUT2D eigenvalue weighted by molar-refractivity contribution is 6.36. The first kappa shape index (κ1) is 15.3. The van der Waals surface area contributed by atoms with Gasteiger partial charge in [0, 0.05) is 29.5 Å². The van der Waals surface area contributed by atoms with Gasteiger partial charge < -0.3 is 9.64 Å². The van der Waals surface area contributed by atoms with Gasteiger partial charge in [0.2, 0.25) is 0 Å². The molecule has 4 nitrogen and oxygen atoms in total. The summed E-state index contributed by atoms with van der Waals surface area (Å²) < 4.78 is 5.74. The maximum atomic E-state index is 12.6. The molecule has 1 unspecified atom stereocenters. The molecule has 2 aromatic rings. The zero-order valence-electron chi connectivity index (χ0n) is 11.7. The molecule has 1 aromatic heterocycles. The predicted octanol–water partition coefficient (Wildman–Crippen LogP) is 3.60. The number of benzene rings is 1. The van der Waals surface area contributed by atoms with Crippen LogP contribution in [0.15, 0.2) is 42.7 Å². The third-order valence-electron chi connectivity index (χ3n) is 3.57. The second kappa shape index (κ2) is 6.65. The van der Waals surface area contributed by atoms with Gasteiger partial charge in [-0.05, 0) is 24.3 Å². The molecule has 0 radical (unpaired) electrons. The van der Waals surface area contributed by atoms with Crippen LogP contribution in [0.3, 0.4) is 0 Å². The maximum absolute atomic E-state index is 12.6. The average molecular weight is 337 g/mol. The molecule has 0 spiro atoms. The van der Waals surface area contributed by atoms with Gasteiger partial charge in [0.25, 0.3) is 5.91 Å². The molecule has 114 valence electrons. The van der Waals surface area contributed by atoms with Gasteiger partial charge in [-0.3, -0.25) is 9.78 Å². The second-order valence-electron chi connectivity index (χ2n) is 5.02. The van der Waals surface area contributed by atoms with Crippen LogP contribution in [-0.4, -0.2) is 35.5 Å². The number of nitrogens with zero attached hydrogens (tertiary/aromatic N) is 2. The fourth-order valence-electron chi connectivity index (χ4n) is 2.44. The van der Waals surface area contributed by atoms with Crippen molar-refractivity contribution in [2.75, 3.05) is 19.7 Å². The molecule has 1 aromatic carbocycles. The number of pyridine rings is 1. The van der Waals surface area contributed by atoms with E-state index in [4.69, 9.17) is 27.9 Å². The molecule has 22 heavy (non-hydrogen) atoms. The van der Waals surface area contributed by atoms with Crippen molar-refractivity contribution < 1.29 is 9.53 Å². The van der Waals surface area contributed by atoms with E-state index in [1.165, 1.54) is 0 Å². The van der Waals surface area contributed by atoms with Crippen LogP contribution in [0, 0.1) is 0 Å². The Balaban J connectivity index is 1.78. The molecule has 6 heteroatoms. The molecule has 1 atom stereocenters. The van der Waals surface area contributed by atoms with Gasteiger partial charge in [0.05, 0.1) is 23.7 Å². The summed E-state index contributed by atoms with van der Waals surface area (Å²) in [4.78, 5) is 18.5. The minimum absolute atomic E-state index is 0.112. The summed E-state index contributed by atoms with van der Waals surface area (Å²) >= 11 is 12.0. The number of ether oxygens (including phenoxy) is 1. The zero-order chi connectivity index (χ0) is 15.5. The van der Waals surface area contributed by atoms with Gasteiger partial charge >= 0.3 is 0 Å². The van der Waals surface area contributed by atoms with Gasteiger partial charge in [-0.15, -0.1) is 0 Å². The molecule has 1 saturated heterocycles. The average Bonchev–Trinajstić information content (AvgIpc) is 2.55. The molecule has 2 heterocycles. The van der Waals surface area contributed by atoms with Crippen molar-refractivity contribution in [1.82, 2.24) is 9.88 Å². The first-order valence-electron chi connectivity index (χ1n) is 6.91. The number of hydrogen-bond acceptors (Lipinski definition) is 3. The largest absolute Gasteiger partial charge is 0.370 e. The fourth-order valence-corrected chi connectivity index (χ4v) is 2.92. The first-order valence-corrected chi connectivity index (χ1v) is 7.66. The summed E-state index contributed by atoms with van der Waals surface area (Å²) in [6, 6.07) is 8.70. The first-order chi connectivity index (χ1) is 10.6. The van der Waals surface area contributed by atoms with Crippen molar-refractivity contribution in [1.29, 1.82) is 0 Å². The normalized spacial score (nSPS) is 18.3. The number of carbonyl (C=O) groups is 1. The predicted molar refractivity (Wildman–Crippen MR) is 85.3 cm³/mol. The number of rotatable bonds is 2. The Bertz CT molecular complexity index is 679. The molecule has 0 aliphatic carbocycles. The van der Waals surface area contributed by atoms with Gasteiger partial charge in [-0.25, -0.2) is 0 Å². The van der Waals surface area contributed by atoms with Crippen LogP contribution in [0.2, 0.25) is 10.0 Å². The molecule has 0 bridgehead atoms. The minimum Gasteiger partial charge on any atom is -0.370 e. The van der Waals surface area contributed by atoms with Crippen LogP contribution in [-0.2, 0) is 4.74 Å². The van der Waals surface area contributed by atoms with Crippen molar-refractivity contribution >= 4 is 29.1 Å². The summed E-state index contributed by atoms with van der Waals surface area (Å²) in [6.07, 6.45) is 3.30. The van der Waals surface area contributed by atoms with E-state index >= 15 is 0 Å². The zero-order valence-corrected chi connectivity index (χ0v) is 13.2. The number of aromatic nitrogens is 1. The summed E-state index contributed by atoms with van der Waals surface area (Å²) in [7, 11) is 0. The molecule has 1 amide bonds. The van der Waals surface area contributed by atoms with Gasteiger partial charge in [-0.1, -0.05) is 29.3 Å². The lowest BCUT2D eigenvalue weighted by atomic mass is 10.1. The third kappa shape index (κ3) is 3.24. The van der Waals surface area contributed by atoms with E-state index in [-0.39, 0.29) is 12.0 Å². The highest BCUT2D eigenvalue weighted by atomic mass is 35.5. The monoisotopic (exact) mass is 336 g/mol. The van der Waals surface area contributed by atoms with E-state index in [1.54, 1.807) is 35.5 Å². The van der Waals surface area contributed by atoms with Gasteiger partial charge in [0.1, 0.15) is 6.10 Å². The Kier molecular flexibility index (Phi) is 4.62. The molecular weight excluding hydrogens is 323 g/mol. The molecule has 1 fully saturated rings. The number of carbonyl (C=O) groups excluding carboxylic acids is 1. The second-order valence-corrected chi connectivity index (χ2v) is 5.86. The fraction of sp³-hybridized carbons (Fsp3) is 0.250. The molecule has 1 aliphatic rings. The Morgan fingerprint density at radius 1 is 1.32 bits per heavy atom. The van der Waals surface area contributed by atoms with Crippen LogP contribution < -0.4 is 0 Å². The van der Waals surface area contributed by atoms with E-state index in [0.717, 1.165) is 5.56 Å². The lowest BCUT2D eigenvalue weighted by Gasteiger charge is -2.33. The summed E-state index contributed by atoms with van der Waals surface area (Å²) in [5.74, 6) is -0.112. The molecule has 1 aliphatic heterocycles. The molecule has 0 saturated carbocycles. The van der Waals surface area contributed by atoms with Crippen molar-refractivity contribution in [3.05, 3.63) is 63.9 Å². The molecule has 3 rings (SSSR count). The Hall–Kier alpha value is -1.62. The SMILES string of the molecule is O=C(c1ccc(Cl)cc1Cl)N1CCOC(c2cccnc2)C1. The summed E-state index contributed by atoms with van der Waals surface area (Å²) in [5.41, 5.74) is 1.42. The summed E-state index contributed by atoms with van der Waals surface area (Å²) in [6.45, 7) is 1.49. The van der Waals surface area contributed by atoms with E-state index in [1.807, 2.05) is 12.1 Å². The van der Waals surface area contributed by atoms with Crippen molar-refractivity contribution in [3.63, 3.8) is 0 Å². The number of hydrogen-bond donors (Lipinski definition) is 0. The Labute approximate surface area is 138 Å². The third-order valence-corrected chi connectivity index (χ3v) is 4.12. The van der Waals surface area contributed by atoms with E-state index in [2.05, 4.69) is 4.98 Å². The van der Waals surface area contributed by atoms with E-state index < -0.39 is 0 Å². The number of halogens is 2. The quantitative estimate of drug-likeness (QED) is 0.841. The van der Waals surface area contributed by atoms with Crippen molar-refractivity contribution in [3.8, 4) is 0 Å². The highest BCUT2D eigenvalue weighted by Crippen LogP contribution is 2.26. The van der Waals surface area contributed by atoms with Crippen LogP contribution in [0.4, 0.5) is 0 Å². The number of morpholine rings is 1. The lowest BCUT2D eigenvalue weighted by Crippen LogP contribution is -2.42. The van der Waals surface area contributed by atoms with Gasteiger partial charge in [0.15, 0.2) is 0 Å². The smallest absolute Gasteiger partial charge is 0.255 e. The summed E-state index contributed by atoms with van der Waals surface area (Å²) in [5, 5.41) is 0.874. The van der Waals surface area contributed by atoms with Crippen LogP contribution in [0.5, 0.6) is 0 Å². The standard InChI is InChI=1S/C16H14Cl2N2O2/c17-12-3-4-13(14(18)8-12)16(21)20-6-7-22-15(10-20)11-2-1-5-19-9-11/h1-5,8-9,15H,6-7,10H2. The van der Waals surface area contributed by atoms with Crippen molar-refractivity contribution in [2.45, 2.75) is 6.10 Å². The number of amides is 1. The highest BCUT2D eigenvalue weighted by Gasteiger charge is 2.27. The lowest BCUT2D eigenvalue weighted by molar-refractivity contribution is -0.0229. The van der Waals surface area contributed by atoms with Crippen molar-refractivity contribution in [2.24, 2.45) is 0 Å². The topological polar surface area (TPSA) is 42.4 Å². The van der Waals surface area contributed by atoms with E-state index in [9.17, 15) is 4.79 Å². The molecule has 0 N–H and O–H groups in total.